The van der Waals surface area contributed by atoms with Gasteiger partial charge in [0.15, 0.2) is 0 Å². The summed E-state index contributed by atoms with van der Waals surface area (Å²) in [6.45, 7) is 12.4. The van der Waals surface area contributed by atoms with Crippen LogP contribution in [-0.2, 0) is 5.41 Å². The Kier molecular flexibility index (Phi) is 5.85. The van der Waals surface area contributed by atoms with Crippen molar-refractivity contribution in [1.29, 1.82) is 0 Å². The average Bonchev–Trinajstić information content (AvgIpc) is 3.17. The largest absolute Gasteiger partial charge is 0.392 e. The quantitative estimate of drug-likeness (QED) is 0.650. The monoisotopic (exact) mass is 441 g/mol. The summed E-state index contributed by atoms with van der Waals surface area (Å²) in [4.78, 5) is 7.43. The van der Waals surface area contributed by atoms with Crippen molar-refractivity contribution in [3.05, 3.63) is 29.8 Å². The molecule has 5 heteroatoms. The van der Waals surface area contributed by atoms with Gasteiger partial charge in [0, 0.05) is 49.2 Å². The van der Waals surface area contributed by atoms with Crippen molar-refractivity contribution in [1.82, 2.24) is 9.80 Å². The second-order valence-electron chi connectivity index (χ2n) is 11.1. The lowest BCUT2D eigenvalue weighted by Gasteiger charge is -2.55. The Morgan fingerprint density at radius 3 is 2.56 bits per heavy atom. The van der Waals surface area contributed by atoms with Crippen LogP contribution in [0.5, 0.6) is 0 Å². The van der Waals surface area contributed by atoms with Crippen LogP contribution in [0.25, 0.3) is 0 Å². The first-order valence-electron chi connectivity index (χ1n) is 13.0. The van der Waals surface area contributed by atoms with Crippen molar-refractivity contribution in [3.63, 3.8) is 0 Å². The molecule has 5 rings (SSSR count). The first-order chi connectivity index (χ1) is 15.4. The van der Waals surface area contributed by atoms with Crippen molar-refractivity contribution in [3.8, 4) is 0 Å². The molecule has 1 aromatic carbocycles. The molecule has 3 fully saturated rings. The second-order valence-corrected chi connectivity index (χ2v) is 11.1. The zero-order chi connectivity index (χ0) is 22.8. The lowest BCUT2D eigenvalue weighted by atomic mass is 9.67. The molecule has 0 radical (unpaired) electrons. The molecule has 9 atom stereocenters. The third-order valence-corrected chi connectivity index (χ3v) is 10.00. The molecular weight excluding hydrogens is 398 g/mol. The highest BCUT2D eigenvalue weighted by Crippen LogP contribution is 2.66. The van der Waals surface area contributed by atoms with Crippen LogP contribution >= 0.6 is 0 Å². The molecule has 1 saturated carbocycles. The molecule has 1 spiro atoms. The predicted molar refractivity (Wildman–Crippen MR) is 130 cm³/mol. The number of rotatable bonds is 8. The van der Waals surface area contributed by atoms with E-state index in [-0.39, 0.29) is 23.7 Å². The zero-order valence-electron chi connectivity index (χ0n) is 20.6. The molecule has 4 aliphatic rings. The number of piperidine rings is 2. The van der Waals surface area contributed by atoms with Gasteiger partial charge in [0.1, 0.15) is 0 Å². The molecule has 2 saturated heterocycles. The minimum Gasteiger partial charge on any atom is -0.392 e. The van der Waals surface area contributed by atoms with Gasteiger partial charge in [0.2, 0.25) is 0 Å². The third-order valence-electron chi connectivity index (χ3n) is 10.00. The van der Waals surface area contributed by atoms with Gasteiger partial charge in [-0.25, -0.2) is 0 Å². The number of hydrogen-bond acceptors (Lipinski definition) is 5. The number of hydrogen-bond donors (Lipinski definition) is 2. The predicted octanol–water partition coefficient (Wildman–Crippen LogP) is 2.95. The second kappa shape index (κ2) is 8.26. The number of para-hydroxylation sites is 1. The number of anilines is 1. The van der Waals surface area contributed by atoms with Crippen LogP contribution in [-0.4, -0.2) is 83.6 Å². The summed E-state index contributed by atoms with van der Waals surface area (Å²) in [5, 5.41) is 23.2. The summed E-state index contributed by atoms with van der Waals surface area (Å²) in [6.07, 6.45) is 2.67. The Morgan fingerprint density at radius 1 is 1.16 bits per heavy atom. The molecule has 3 bridgehead atoms. The van der Waals surface area contributed by atoms with Crippen molar-refractivity contribution < 1.29 is 10.2 Å². The van der Waals surface area contributed by atoms with Crippen LogP contribution in [0.2, 0.25) is 0 Å². The maximum Gasteiger partial charge on any atom is 0.0794 e. The topological polar surface area (TPSA) is 50.2 Å². The summed E-state index contributed by atoms with van der Waals surface area (Å²) in [6, 6.07) is 9.83. The minimum atomic E-state index is -0.350. The molecule has 5 nitrogen and oxygen atoms in total. The molecule has 32 heavy (non-hydrogen) atoms. The minimum absolute atomic E-state index is 0.159. The first kappa shape index (κ1) is 22.6. The van der Waals surface area contributed by atoms with Crippen LogP contribution in [0.3, 0.4) is 0 Å². The highest BCUT2D eigenvalue weighted by molar-refractivity contribution is 5.67. The molecule has 1 aliphatic carbocycles. The van der Waals surface area contributed by atoms with E-state index >= 15 is 0 Å². The van der Waals surface area contributed by atoms with E-state index in [1.54, 1.807) is 0 Å². The van der Waals surface area contributed by atoms with E-state index < -0.39 is 0 Å². The molecule has 0 aromatic heterocycles. The van der Waals surface area contributed by atoms with Crippen LogP contribution < -0.4 is 4.90 Å². The Hall–Kier alpha value is -1.14. The number of aliphatic hydroxyl groups excluding tert-OH is 2. The molecule has 1 unspecified atom stereocenters. The van der Waals surface area contributed by atoms with Crippen molar-refractivity contribution in [2.24, 2.45) is 17.8 Å². The molecule has 0 amide bonds. The smallest absolute Gasteiger partial charge is 0.0794 e. The Bertz CT molecular complexity index is 829. The fraction of sp³-hybridized carbons (Fsp3) is 0.778. The fourth-order valence-corrected chi connectivity index (χ4v) is 8.40. The number of aliphatic hydroxyl groups is 2. The Labute approximate surface area is 194 Å². The number of nitrogens with zero attached hydrogens (tertiary/aromatic N) is 3. The highest BCUT2D eigenvalue weighted by Gasteiger charge is 2.72. The van der Waals surface area contributed by atoms with Crippen LogP contribution in [0.15, 0.2) is 24.3 Å². The highest BCUT2D eigenvalue weighted by atomic mass is 16.3. The van der Waals surface area contributed by atoms with Crippen LogP contribution in [0, 0.1) is 17.8 Å². The third kappa shape index (κ3) is 2.97. The summed E-state index contributed by atoms with van der Waals surface area (Å²) in [7, 11) is 2.24. The number of likely N-dealkylation sites (N-methyl/N-ethyl adjacent to an activating group) is 2. The van der Waals surface area contributed by atoms with E-state index in [1.807, 2.05) is 0 Å². The van der Waals surface area contributed by atoms with E-state index in [1.165, 1.54) is 17.7 Å². The molecule has 1 aromatic rings. The summed E-state index contributed by atoms with van der Waals surface area (Å²) >= 11 is 0. The lowest BCUT2D eigenvalue weighted by molar-refractivity contribution is -0.0570. The van der Waals surface area contributed by atoms with Crippen molar-refractivity contribution in [2.45, 2.75) is 82.7 Å². The van der Waals surface area contributed by atoms with E-state index in [4.69, 9.17) is 0 Å². The normalized spacial score (nSPS) is 39.4. The Morgan fingerprint density at radius 2 is 1.88 bits per heavy atom. The fourth-order valence-electron chi connectivity index (χ4n) is 8.40. The SMILES string of the molecule is CC[C@H](C)[C@@H]1C[C@H]2[C@@H]3N(C)c4ccccc4[C@]34C[C@@H]([C@H]1[C@H]4O)N2CC(O)CN(CC)CC. The van der Waals surface area contributed by atoms with Gasteiger partial charge in [-0.1, -0.05) is 52.3 Å². The summed E-state index contributed by atoms with van der Waals surface area (Å²) in [5.74, 6) is 1.48. The van der Waals surface area contributed by atoms with Gasteiger partial charge in [-0.15, -0.1) is 0 Å². The van der Waals surface area contributed by atoms with Crippen LogP contribution in [0.4, 0.5) is 5.69 Å². The Balaban J connectivity index is 1.53. The van der Waals surface area contributed by atoms with E-state index in [9.17, 15) is 10.2 Å². The van der Waals surface area contributed by atoms with Crippen molar-refractivity contribution >= 4 is 5.69 Å². The first-order valence-corrected chi connectivity index (χ1v) is 13.0. The number of benzene rings is 1. The number of fused-ring (bicyclic) bond motifs is 3. The maximum absolute atomic E-state index is 12.1. The molecule has 3 heterocycles. The zero-order valence-corrected chi connectivity index (χ0v) is 20.6. The van der Waals surface area contributed by atoms with Gasteiger partial charge in [-0.05, 0) is 49.4 Å². The molecule has 2 N–H and O–H groups in total. The average molecular weight is 442 g/mol. The van der Waals surface area contributed by atoms with Gasteiger partial charge < -0.3 is 20.0 Å². The van der Waals surface area contributed by atoms with E-state index in [0.29, 0.717) is 29.8 Å². The van der Waals surface area contributed by atoms with Gasteiger partial charge >= 0.3 is 0 Å². The van der Waals surface area contributed by atoms with Crippen LogP contribution in [0.1, 0.15) is 52.5 Å². The van der Waals surface area contributed by atoms with E-state index in [0.717, 1.165) is 39.0 Å². The van der Waals surface area contributed by atoms with E-state index in [2.05, 4.69) is 73.7 Å². The summed E-state index contributed by atoms with van der Waals surface area (Å²) in [5.41, 5.74) is 2.51. The van der Waals surface area contributed by atoms with Gasteiger partial charge in [-0.2, -0.15) is 0 Å². The maximum atomic E-state index is 12.1. The molecule has 3 aliphatic heterocycles. The lowest BCUT2D eigenvalue weighted by Crippen LogP contribution is -2.66. The van der Waals surface area contributed by atoms with Gasteiger partial charge in [0.25, 0.3) is 0 Å². The van der Waals surface area contributed by atoms with Gasteiger partial charge in [-0.3, -0.25) is 4.90 Å². The van der Waals surface area contributed by atoms with Crippen molar-refractivity contribution in [2.75, 3.05) is 38.1 Å². The van der Waals surface area contributed by atoms with Gasteiger partial charge in [0.05, 0.1) is 18.2 Å². The summed E-state index contributed by atoms with van der Waals surface area (Å²) < 4.78 is 0. The molecular formula is C27H43N3O2. The molecule has 178 valence electrons. The standard InChI is InChI=1S/C27H43N3O2/c1-6-17(4)19-13-22-25-27(20-11-9-10-12-21(20)28(25)5)14-23(24(19)26(27)32)30(22)16-18(31)15-29(7-2)8-3/h9-12,17-19,22-26,31-32H,6-8,13-16H2,1-5H3/t17-,18?,19-,22-,23-,24-,25-,26+,27+/m0/s1.